The van der Waals surface area contributed by atoms with Gasteiger partial charge in [-0.1, -0.05) is 0 Å². The van der Waals surface area contributed by atoms with E-state index in [9.17, 15) is 9.18 Å². The molecule has 0 bridgehead atoms. The molecular weight excluding hydrogens is 361 g/mol. The second-order valence-electron chi connectivity index (χ2n) is 7.31. The molecule has 2 aliphatic heterocycles. The first-order valence-electron chi connectivity index (χ1n) is 9.81. The third-order valence-corrected chi connectivity index (χ3v) is 5.41. The lowest BCUT2D eigenvalue weighted by atomic mass is 9.92. The molecule has 2 aliphatic rings. The molecule has 0 N–H and O–H groups in total. The molecule has 0 radical (unpaired) electrons. The maximum atomic E-state index is 13.1. The van der Waals surface area contributed by atoms with Crippen molar-refractivity contribution in [2.45, 2.75) is 31.6 Å². The Morgan fingerprint density at radius 3 is 2.64 bits per heavy atom. The molecule has 7 heteroatoms. The standard InChI is InChI=1S/C21H24FN3O3/c22-17-3-5-18(6-4-17)28-20-19(23-9-10-24-20)16-2-1-11-25(14-16)21(26)15-7-12-27-13-8-15/h3-6,9-10,15-16H,1-2,7-8,11-14H2/t16-/m1/s1. The Morgan fingerprint density at radius 1 is 1.11 bits per heavy atom. The van der Waals surface area contributed by atoms with Crippen molar-refractivity contribution in [2.75, 3.05) is 26.3 Å². The minimum atomic E-state index is -0.318. The molecule has 2 saturated heterocycles. The van der Waals surface area contributed by atoms with Crippen molar-refractivity contribution in [3.63, 3.8) is 0 Å². The normalized spacial score (nSPS) is 20.8. The molecule has 2 fully saturated rings. The highest BCUT2D eigenvalue weighted by Crippen LogP contribution is 2.33. The van der Waals surface area contributed by atoms with Crippen molar-refractivity contribution in [1.82, 2.24) is 14.9 Å². The minimum Gasteiger partial charge on any atom is -0.437 e. The van der Waals surface area contributed by atoms with Gasteiger partial charge in [0.2, 0.25) is 11.8 Å². The molecule has 1 atom stereocenters. The predicted molar refractivity (Wildman–Crippen MR) is 101 cm³/mol. The van der Waals surface area contributed by atoms with Crippen LogP contribution in [0.15, 0.2) is 36.7 Å². The third-order valence-electron chi connectivity index (χ3n) is 5.41. The van der Waals surface area contributed by atoms with Gasteiger partial charge >= 0.3 is 0 Å². The molecule has 0 saturated carbocycles. The van der Waals surface area contributed by atoms with Crippen molar-refractivity contribution >= 4 is 5.91 Å². The Kier molecular flexibility index (Phi) is 5.81. The average molecular weight is 385 g/mol. The van der Waals surface area contributed by atoms with Gasteiger partial charge in [-0.25, -0.2) is 9.37 Å². The van der Waals surface area contributed by atoms with Crippen LogP contribution in [-0.2, 0) is 9.53 Å². The highest BCUT2D eigenvalue weighted by Gasteiger charge is 2.32. The van der Waals surface area contributed by atoms with Crippen molar-refractivity contribution < 1.29 is 18.7 Å². The molecule has 1 aromatic heterocycles. The summed E-state index contributed by atoms with van der Waals surface area (Å²) in [7, 11) is 0. The summed E-state index contributed by atoms with van der Waals surface area (Å²) < 4.78 is 24.4. The molecule has 2 aromatic rings. The topological polar surface area (TPSA) is 64.5 Å². The number of likely N-dealkylation sites (tertiary alicyclic amines) is 1. The number of carbonyl (C=O) groups excluding carboxylic acids is 1. The van der Waals surface area contributed by atoms with Crippen LogP contribution in [0.25, 0.3) is 0 Å². The molecule has 0 spiro atoms. The Labute approximate surface area is 163 Å². The van der Waals surface area contributed by atoms with Gasteiger partial charge in [-0.3, -0.25) is 9.78 Å². The van der Waals surface area contributed by atoms with E-state index in [1.807, 2.05) is 4.90 Å². The van der Waals surface area contributed by atoms with Gasteiger partial charge in [0.05, 0.1) is 0 Å². The van der Waals surface area contributed by atoms with Crippen LogP contribution in [0.4, 0.5) is 4.39 Å². The second kappa shape index (κ2) is 8.65. The van der Waals surface area contributed by atoms with E-state index in [0.29, 0.717) is 31.4 Å². The van der Waals surface area contributed by atoms with Gasteiger partial charge in [0.15, 0.2) is 0 Å². The number of carbonyl (C=O) groups is 1. The van der Waals surface area contributed by atoms with Gasteiger partial charge in [0.1, 0.15) is 17.3 Å². The Balaban J connectivity index is 1.49. The zero-order chi connectivity index (χ0) is 19.3. The SMILES string of the molecule is O=C(C1CCOCC1)N1CCC[C@@H](c2nccnc2Oc2ccc(F)cc2)C1. The smallest absolute Gasteiger partial charge is 0.241 e. The van der Waals surface area contributed by atoms with Crippen LogP contribution in [0.5, 0.6) is 11.6 Å². The van der Waals surface area contributed by atoms with E-state index in [2.05, 4.69) is 9.97 Å². The number of amides is 1. The molecular formula is C21H24FN3O3. The fourth-order valence-electron chi connectivity index (χ4n) is 3.91. The molecule has 1 amide bonds. The minimum absolute atomic E-state index is 0.0595. The molecule has 0 unspecified atom stereocenters. The summed E-state index contributed by atoms with van der Waals surface area (Å²) in [6, 6.07) is 5.83. The van der Waals surface area contributed by atoms with Crippen molar-refractivity contribution in [3.05, 3.63) is 48.2 Å². The van der Waals surface area contributed by atoms with Crippen molar-refractivity contribution in [1.29, 1.82) is 0 Å². The highest BCUT2D eigenvalue weighted by atomic mass is 19.1. The quantitative estimate of drug-likeness (QED) is 0.805. The second-order valence-corrected chi connectivity index (χ2v) is 7.31. The van der Waals surface area contributed by atoms with E-state index >= 15 is 0 Å². The fourth-order valence-corrected chi connectivity index (χ4v) is 3.91. The molecule has 6 nitrogen and oxygen atoms in total. The van der Waals surface area contributed by atoms with Gasteiger partial charge < -0.3 is 14.4 Å². The molecule has 1 aromatic carbocycles. The summed E-state index contributed by atoms with van der Waals surface area (Å²) in [6.07, 6.45) is 6.67. The third kappa shape index (κ3) is 4.30. The zero-order valence-corrected chi connectivity index (χ0v) is 15.7. The van der Waals surface area contributed by atoms with Crippen LogP contribution in [0.3, 0.4) is 0 Å². The summed E-state index contributed by atoms with van der Waals surface area (Å²) in [5, 5.41) is 0. The van der Waals surface area contributed by atoms with Crippen LogP contribution in [0.1, 0.15) is 37.3 Å². The lowest BCUT2D eigenvalue weighted by Gasteiger charge is -2.35. The molecule has 28 heavy (non-hydrogen) atoms. The summed E-state index contributed by atoms with van der Waals surface area (Å²) in [5.41, 5.74) is 0.747. The number of nitrogens with zero attached hydrogens (tertiary/aromatic N) is 3. The zero-order valence-electron chi connectivity index (χ0n) is 15.7. The summed E-state index contributed by atoms with van der Waals surface area (Å²) in [5.74, 6) is 0.957. The van der Waals surface area contributed by atoms with Gasteiger partial charge in [-0.15, -0.1) is 0 Å². The summed E-state index contributed by atoms with van der Waals surface area (Å²) >= 11 is 0. The maximum absolute atomic E-state index is 13.1. The highest BCUT2D eigenvalue weighted by molar-refractivity contribution is 5.79. The number of ether oxygens (including phenoxy) is 2. The summed E-state index contributed by atoms with van der Waals surface area (Å²) in [6.45, 7) is 2.72. The van der Waals surface area contributed by atoms with E-state index < -0.39 is 0 Å². The molecule has 0 aliphatic carbocycles. The average Bonchev–Trinajstić information content (AvgIpc) is 2.76. The fraction of sp³-hybridized carbons (Fsp3) is 0.476. The van der Waals surface area contributed by atoms with Gasteiger partial charge in [0, 0.05) is 50.5 Å². The maximum Gasteiger partial charge on any atom is 0.241 e. The van der Waals surface area contributed by atoms with Crippen LogP contribution < -0.4 is 4.74 Å². The van der Waals surface area contributed by atoms with Gasteiger partial charge in [-0.2, -0.15) is 0 Å². The number of hydrogen-bond donors (Lipinski definition) is 0. The van der Waals surface area contributed by atoms with Crippen LogP contribution in [0, 0.1) is 11.7 Å². The number of hydrogen-bond acceptors (Lipinski definition) is 5. The number of aromatic nitrogens is 2. The van der Waals surface area contributed by atoms with E-state index in [1.165, 1.54) is 12.1 Å². The molecule has 3 heterocycles. The number of halogens is 1. The number of benzene rings is 1. The first-order valence-corrected chi connectivity index (χ1v) is 9.81. The van der Waals surface area contributed by atoms with E-state index in [1.54, 1.807) is 24.5 Å². The monoisotopic (exact) mass is 385 g/mol. The predicted octanol–water partition coefficient (Wildman–Crippen LogP) is 3.54. The first-order chi connectivity index (χ1) is 13.7. The van der Waals surface area contributed by atoms with Gasteiger partial charge in [0.25, 0.3) is 0 Å². The molecule has 148 valence electrons. The number of rotatable bonds is 4. The first kappa shape index (κ1) is 18.8. The summed E-state index contributed by atoms with van der Waals surface area (Å²) in [4.78, 5) is 23.7. The van der Waals surface area contributed by atoms with Crippen LogP contribution in [0.2, 0.25) is 0 Å². The Hall–Kier alpha value is -2.54. The Morgan fingerprint density at radius 2 is 1.86 bits per heavy atom. The lowest BCUT2D eigenvalue weighted by molar-refractivity contribution is -0.139. The van der Waals surface area contributed by atoms with Crippen LogP contribution in [-0.4, -0.2) is 47.1 Å². The van der Waals surface area contributed by atoms with Crippen molar-refractivity contribution in [2.24, 2.45) is 5.92 Å². The van der Waals surface area contributed by atoms with Crippen LogP contribution >= 0.6 is 0 Å². The van der Waals surface area contributed by atoms with Crippen molar-refractivity contribution in [3.8, 4) is 11.6 Å². The lowest BCUT2D eigenvalue weighted by Crippen LogP contribution is -2.43. The van der Waals surface area contributed by atoms with E-state index in [0.717, 1.165) is 37.9 Å². The van der Waals surface area contributed by atoms with Gasteiger partial charge in [-0.05, 0) is 49.9 Å². The number of piperidine rings is 1. The molecule has 4 rings (SSSR count). The van der Waals surface area contributed by atoms with E-state index in [4.69, 9.17) is 9.47 Å². The van der Waals surface area contributed by atoms with E-state index in [-0.39, 0.29) is 23.6 Å². The Bertz CT molecular complexity index is 809. The largest absolute Gasteiger partial charge is 0.437 e.